The summed E-state index contributed by atoms with van der Waals surface area (Å²) >= 11 is 5.65. The average Bonchev–Trinajstić information content (AvgIpc) is 2.90. The number of sulfonamides is 1. The van der Waals surface area contributed by atoms with Gasteiger partial charge in [-0.25, -0.2) is 12.8 Å². The first-order valence-corrected chi connectivity index (χ1v) is 8.56. The van der Waals surface area contributed by atoms with Crippen LogP contribution in [0.3, 0.4) is 0 Å². The van der Waals surface area contributed by atoms with Gasteiger partial charge < -0.3 is 10.4 Å². The van der Waals surface area contributed by atoms with Gasteiger partial charge in [-0.3, -0.25) is 0 Å². The van der Waals surface area contributed by atoms with Crippen molar-refractivity contribution in [3.63, 3.8) is 0 Å². The smallest absolute Gasteiger partial charge is 0.246 e. The number of halogens is 2. The largest absolute Gasteiger partial charge is 0.395 e. The summed E-state index contributed by atoms with van der Waals surface area (Å²) in [4.78, 5) is -0.418. The standard InChI is InChI=1S/C13H18ClFN2O3S/c14-10-3-4-13(12(15)8-10)21(19,20)17(6-7-18)9-11-2-1-5-16-11/h3-4,8,11,16,18H,1-2,5-7,9H2. The number of aliphatic hydroxyl groups excluding tert-OH is 1. The van der Waals surface area contributed by atoms with E-state index >= 15 is 0 Å². The predicted octanol–water partition coefficient (Wildman–Crippen LogP) is 1.21. The van der Waals surface area contributed by atoms with Gasteiger partial charge in [-0.15, -0.1) is 0 Å². The van der Waals surface area contributed by atoms with E-state index in [2.05, 4.69) is 5.32 Å². The van der Waals surface area contributed by atoms with Crippen molar-refractivity contribution < 1.29 is 17.9 Å². The lowest BCUT2D eigenvalue weighted by Gasteiger charge is -2.24. The van der Waals surface area contributed by atoms with Gasteiger partial charge in [0.15, 0.2) is 0 Å². The lowest BCUT2D eigenvalue weighted by atomic mass is 10.2. The molecule has 8 heteroatoms. The molecule has 0 aliphatic carbocycles. The Morgan fingerprint density at radius 1 is 1.48 bits per heavy atom. The van der Waals surface area contributed by atoms with Crippen LogP contribution in [0, 0.1) is 5.82 Å². The van der Waals surface area contributed by atoms with Crippen molar-refractivity contribution in [1.29, 1.82) is 0 Å². The zero-order valence-corrected chi connectivity index (χ0v) is 13.0. The fourth-order valence-corrected chi connectivity index (χ4v) is 4.08. The maximum Gasteiger partial charge on any atom is 0.246 e. The van der Waals surface area contributed by atoms with Crippen molar-refractivity contribution in [2.45, 2.75) is 23.8 Å². The van der Waals surface area contributed by atoms with Crippen molar-refractivity contribution in [2.24, 2.45) is 0 Å². The minimum Gasteiger partial charge on any atom is -0.395 e. The highest BCUT2D eigenvalue weighted by Crippen LogP contribution is 2.23. The predicted molar refractivity (Wildman–Crippen MR) is 78.3 cm³/mol. The highest BCUT2D eigenvalue weighted by atomic mass is 35.5. The number of aliphatic hydroxyl groups is 1. The molecule has 0 spiro atoms. The molecule has 0 amide bonds. The summed E-state index contributed by atoms with van der Waals surface area (Å²) < 4.78 is 40.1. The Morgan fingerprint density at radius 3 is 2.81 bits per heavy atom. The number of benzene rings is 1. The normalized spacial score (nSPS) is 19.3. The molecule has 118 valence electrons. The Hall–Kier alpha value is -0.730. The maximum absolute atomic E-state index is 13.9. The number of hydrogen-bond donors (Lipinski definition) is 2. The fraction of sp³-hybridized carbons (Fsp3) is 0.538. The third-order valence-corrected chi connectivity index (χ3v) is 5.58. The Kier molecular flexibility index (Phi) is 5.56. The number of hydrogen-bond acceptors (Lipinski definition) is 4. The Morgan fingerprint density at radius 2 is 2.24 bits per heavy atom. The molecule has 1 fully saturated rings. The van der Waals surface area contributed by atoms with Crippen LogP contribution < -0.4 is 5.32 Å². The summed E-state index contributed by atoms with van der Waals surface area (Å²) in [7, 11) is -4.00. The van der Waals surface area contributed by atoms with Crippen LogP contribution in [0.1, 0.15) is 12.8 Å². The monoisotopic (exact) mass is 336 g/mol. The van der Waals surface area contributed by atoms with Crippen LogP contribution >= 0.6 is 11.6 Å². The second-order valence-corrected chi connectivity index (χ2v) is 7.30. The first kappa shape index (κ1) is 16.6. The van der Waals surface area contributed by atoms with Crippen LogP contribution in [0.25, 0.3) is 0 Å². The quantitative estimate of drug-likeness (QED) is 0.819. The first-order chi connectivity index (χ1) is 9.95. The summed E-state index contributed by atoms with van der Waals surface area (Å²) in [5.41, 5.74) is 0. The molecule has 2 N–H and O–H groups in total. The minimum atomic E-state index is -4.00. The summed E-state index contributed by atoms with van der Waals surface area (Å²) in [5, 5.41) is 12.4. The zero-order valence-electron chi connectivity index (χ0n) is 11.4. The molecule has 1 unspecified atom stereocenters. The van der Waals surface area contributed by atoms with Gasteiger partial charge in [0.2, 0.25) is 10.0 Å². The number of rotatable bonds is 6. The van der Waals surface area contributed by atoms with E-state index in [0.29, 0.717) is 0 Å². The summed E-state index contributed by atoms with van der Waals surface area (Å²) in [6, 6.07) is 3.49. The summed E-state index contributed by atoms with van der Waals surface area (Å²) in [6.45, 7) is 0.668. The van der Waals surface area contributed by atoms with Crippen molar-refractivity contribution >= 4 is 21.6 Å². The number of nitrogens with one attached hydrogen (secondary N) is 1. The summed E-state index contributed by atoms with van der Waals surface area (Å²) in [5.74, 6) is -0.884. The lowest BCUT2D eigenvalue weighted by Crippen LogP contribution is -2.42. The van der Waals surface area contributed by atoms with Gasteiger partial charge in [-0.2, -0.15) is 4.31 Å². The van der Waals surface area contributed by atoms with Crippen LogP contribution in [0.4, 0.5) is 4.39 Å². The SMILES string of the molecule is O=S(=O)(c1ccc(Cl)cc1F)N(CCO)CC1CCCN1. The van der Waals surface area contributed by atoms with E-state index in [1.807, 2.05) is 0 Å². The van der Waals surface area contributed by atoms with E-state index in [1.54, 1.807) is 0 Å². The number of nitrogens with zero attached hydrogens (tertiary/aromatic N) is 1. The second kappa shape index (κ2) is 7.02. The van der Waals surface area contributed by atoms with Crippen LogP contribution in [-0.2, 0) is 10.0 Å². The maximum atomic E-state index is 13.9. The van der Waals surface area contributed by atoms with E-state index in [1.165, 1.54) is 6.07 Å². The molecule has 1 atom stereocenters. The van der Waals surface area contributed by atoms with Gasteiger partial charge >= 0.3 is 0 Å². The Labute approximate surface area is 128 Å². The molecule has 1 aromatic rings. The molecular weight excluding hydrogens is 319 g/mol. The molecular formula is C13H18ClFN2O3S. The van der Waals surface area contributed by atoms with Gasteiger partial charge in [0.05, 0.1) is 6.61 Å². The fourth-order valence-electron chi connectivity index (χ4n) is 2.40. The summed E-state index contributed by atoms with van der Waals surface area (Å²) in [6.07, 6.45) is 1.84. The lowest BCUT2D eigenvalue weighted by molar-refractivity contribution is 0.246. The highest BCUT2D eigenvalue weighted by Gasteiger charge is 2.30. The molecule has 0 bridgehead atoms. The van der Waals surface area contributed by atoms with Crippen LogP contribution in [-0.4, -0.2) is 50.1 Å². The molecule has 1 saturated heterocycles. The van der Waals surface area contributed by atoms with E-state index in [-0.39, 0.29) is 30.8 Å². The van der Waals surface area contributed by atoms with E-state index in [4.69, 9.17) is 16.7 Å². The first-order valence-electron chi connectivity index (χ1n) is 6.74. The third-order valence-electron chi connectivity index (χ3n) is 3.45. The molecule has 1 aliphatic heterocycles. The molecule has 0 radical (unpaired) electrons. The molecule has 1 aliphatic rings. The van der Waals surface area contributed by atoms with Crippen molar-refractivity contribution in [3.05, 3.63) is 29.0 Å². The molecule has 2 rings (SSSR count). The molecule has 0 saturated carbocycles. The van der Waals surface area contributed by atoms with Gasteiger partial charge in [0, 0.05) is 24.2 Å². The van der Waals surface area contributed by atoms with Crippen LogP contribution in [0.2, 0.25) is 5.02 Å². The van der Waals surface area contributed by atoms with Gasteiger partial charge in [0.25, 0.3) is 0 Å². The zero-order chi connectivity index (χ0) is 15.5. The van der Waals surface area contributed by atoms with Crippen molar-refractivity contribution in [3.8, 4) is 0 Å². The molecule has 1 aromatic carbocycles. The Balaban J connectivity index is 2.27. The molecule has 5 nitrogen and oxygen atoms in total. The third kappa shape index (κ3) is 3.92. The van der Waals surface area contributed by atoms with Crippen molar-refractivity contribution in [1.82, 2.24) is 9.62 Å². The van der Waals surface area contributed by atoms with Crippen molar-refractivity contribution in [2.75, 3.05) is 26.2 Å². The van der Waals surface area contributed by atoms with Crippen LogP contribution in [0.15, 0.2) is 23.1 Å². The molecule has 21 heavy (non-hydrogen) atoms. The minimum absolute atomic E-state index is 0.0293. The van der Waals surface area contributed by atoms with E-state index in [9.17, 15) is 12.8 Å². The van der Waals surface area contributed by atoms with E-state index < -0.39 is 20.7 Å². The van der Waals surface area contributed by atoms with E-state index in [0.717, 1.165) is 35.8 Å². The average molecular weight is 337 g/mol. The second-order valence-electron chi connectivity index (χ2n) is 4.95. The topological polar surface area (TPSA) is 69.6 Å². The van der Waals surface area contributed by atoms with Gasteiger partial charge in [0.1, 0.15) is 10.7 Å². The van der Waals surface area contributed by atoms with Gasteiger partial charge in [-0.05, 0) is 37.6 Å². The van der Waals surface area contributed by atoms with Gasteiger partial charge in [-0.1, -0.05) is 11.6 Å². The highest BCUT2D eigenvalue weighted by molar-refractivity contribution is 7.89. The molecule has 1 heterocycles. The molecule has 0 aromatic heterocycles. The Bertz CT molecular complexity index is 591. The van der Waals surface area contributed by atoms with Crippen LogP contribution in [0.5, 0.6) is 0 Å².